The molecule has 0 aliphatic carbocycles. The average Bonchev–Trinajstić information content (AvgIpc) is 2.75. The van der Waals surface area contributed by atoms with Crippen LogP contribution in [-0.2, 0) is 6.54 Å². The molecular weight excluding hydrogens is 304 g/mol. The van der Waals surface area contributed by atoms with Crippen molar-refractivity contribution in [3.63, 3.8) is 0 Å². The van der Waals surface area contributed by atoms with E-state index in [0.29, 0.717) is 6.61 Å². The number of fused-ring (bicyclic) bond motifs is 1. The Morgan fingerprint density at radius 1 is 1.33 bits per heavy atom. The van der Waals surface area contributed by atoms with Crippen LogP contribution in [-0.4, -0.2) is 47.6 Å². The topological polar surface area (TPSA) is 34.5 Å². The van der Waals surface area contributed by atoms with Gasteiger partial charge in [0.25, 0.3) is 5.56 Å². The van der Waals surface area contributed by atoms with Gasteiger partial charge < -0.3 is 9.64 Å². The lowest BCUT2D eigenvalue weighted by Gasteiger charge is -2.08. The summed E-state index contributed by atoms with van der Waals surface area (Å²) in [6.07, 6.45) is 0. The molecule has 4 nitrogen and oxygen atoms in total. The van der Waals surface area contributed by atoms with Gasteiger partial charge in [-0.15, -0.1) is 0 Å². The van der Waals surface area contributed by atoms with E-state index in [9.17, 15) is 4.79 Å². The van der Waals surface area contributed by atoms with Crippen molar-refractivity contribution in [2.75, 3.05) is 38.8 Å². The minimum absolute atomic E-state index is 0.117. The SMILES string of the molecule is CCOc1ccc2c(=O)n(CCSCCN(C)C)sc2c1. The standard InChI is InChI=1S/C15H22N2O2S2/c1-4-19-12-5-6-13-14(11-12)21-17(15(13)18)8-10-20-9-7-16(2)3/h5-6,11H,4,7-10H2,1-3H3. The first-order valence-corrected chi connectivity index (χ1v) is 9.03. The minimum atomic E-state index is 0.117. The van der Waals surface area contributed by atoms with Crippen molar-refractivity contribution in [2.24, 2.45) is 0 Å². The molecule has 0 fully saturated rings. The van der Waals surface area contributed by atoms with Crippen LogP contribution in [0.15, 0.2) is 23.0 Å². The maximum absolute atomic E-state index is 12.3. The molecule has 6 heteroatoms. The molecule has 0 unspecified atom stereocenters. The normalized spacial score (nSPS) is 11.4. The molecule has 1 aromatic heterocycles. The van der Waals surface area contributed by atoms with Crippen LogP contribution in [0.4, 0.5) is 0 Å². The summed E-state index contributed by atoms with van der Waals surface area (Å²) < 4.78 is 8.34. The number of benzene rings is 1. The van der Waals surface area contributed by atoms with Gasteiger partial charge in [0.15, 0.2) is 0 Å². The van der Waals surface area contributed by atoms with E-state index < -0.39 is 0 Å². The quantitative estimate of drug-likeness (QED) is 0.699. The van der Waals surface area contributed by atoms with E-state index >= 15 is 0 Å². The highest BCUT2D eigenvalue weighted by atomic mass is 32.2. The second-order valence-electron chi connectivity index (χ2n) is 5.01. The van der Waals surface area contributed by atoms with Gasteiger partial charge in [-0.25, -0.2) is 0 Å². The van der Waals surface area contributed by atoms with Gasteiger partial charge in [-0.1, -0.05) is 11.5 Å². The summed E-state index contributed by atoms with van der Waals surface area (Å²) in [5, 5.41) is 0.793. The molecule has 21 heavy (non-hydrogen) atoms. The molecule has 0 atom stereocenters. The van der Waals surface area contributed by atoms with Gasteiger partial charge in [-0.2, -0.15) is 11.8 Å². The minimum Gasteiger partial charge on any atom is -0.494 e. The Morgan fingerprint density at radius 3 is 2.86 bits per heavy atom. The Bertz CT molecular complexity index is 634. The summed E-state index contributed by atoms with van der Waals surface area (Å²) in [6, 6.07) is 5.70. The first kappa shape index (κ1) is 16.4. The van der Waals surface area contributed by atoms with Crippen molar-refractivity contribution >= 4 is 33.4 Å². The molecule has 0 aliphatic rings. The van der Waals surface area contributed by atoms with E-state index in [2.05, 4.69) is 19.0 Å². The first-order chi connectivity index (χ1) is 10.1. The molecule has 0 saturated carbocycles. The Hall–Kier alpha value is -0.980. The summed E-state index contributed by atoms with van der Waals surface area (Å²) in [5.41, 5.74) is 0.117. The molecule has 1 aromatic carbocycles. The second-order valence-corrected chi connectivity index (χ2v) is 7.29. The molecule has 0 N–H and O–H groups in total. The zero-order valence-corrected chi connectivity index (χ0v) is 14.4. The largest absolute Gasteiger partial charge is 0.494 e. The van der Waals surface area contributed by atoms with Crippen molar-refractivity contribution in [1.29, 1.82) is 0 Å². The number of nitrogens with zero attached hydrogens (tertiary/aromatic N) is 2. The Morgan fingerprint density at radius 2 is 2.14 bits per heavy atom. The number of thioether (sulfide) groups is 1. The predicted octanol–water partition coefficient (Wildman–Crippen LogP) is 2.76. The highest BCUT2D eigenvalue weighted by Gasteiger charge is 2.08. The van der Waals surface area contributed by atoms with E-state index in [-0.39, 0.29) is 5.56 Å². The zero-order chi connectivity index (χ0) is 15.2. The molecule has 0 saturated heterocycles. The Labute approximate surface area is 133 Å². The maximum Gasteiger partial charge on any atom is 0.268 e. The fourth-order valence-electron chi connectivity index (χ4n) is 1.95. The molecule has 0 bridgehead atoms. The monoisotopic (exact) mass is 326 g/mol. The van der Waals surface area contributed by atoms with Gasteiger partial charge >= 0.3 is 0 Å². The van der Waals surface area contributed by atoms with E-state index in [1.54, 1.807) is 0 Å². The van der Waals surface area contributed by atoms with Crippen LogP contribution in [0.3, 0.4) is 0 Å². The summed E-state index contributed by atoms with van der Waals surface area (Å²) in [7, 11) is 4.15. The molecule has 116 valence electrons. The molecular formula is C15H22N2O2S2. The molecule has 0 aliphatic heterocycles. The third kappa shape index (κ3) is 4.49. The number of aryl methyl sites for hydroxylation is 1. The fraction of sp³-hybridized carbons (Fsp3) is 0.533. The van der Waals surface area contributed by atoms with Crippen LogP contribution < -0.4 is 10.3 Å². The number of rotatable bonds is 8. The maximum atomic E-state index is 12.3. The smallest absolute Gasteiger partial charge is 0.268 e. The average molecular weight is 326 g/mol. The number of hydrogen-bond donors (Lipinski definition) is 0. The Balaban J connectivity index is 2.00. The van der Waals surface area contributed by atoms with Gasteiger partial charge in [0, 0.05) is 24.6 Å². The van der Waals surface area contributed by atoms with E-state index in [4.69, 9.17) is 4.74 Å². The Kier molecular flexibility index (Phi) is 6.14. The van der Waals surface area contributed by atoms with Crippen LogP contribution >= 0.6 is 23.3 Å². The fourth-order valence-corrected chi connectivity index (χ4v) is 4.10. The van der Waals surface area contributed by atoms with Crippen LogP contribution in [0.25, 0.3) is 10.1 Å². The summed E-state index contributed by atoms with van der Waals surface area (Å²) in [5.74, 6) is 2.90. The van der Waals surface area contributed by atoms with E-state index in [0.717, 1.165) is 40.4 Å². The first-order valence-electron chi connectivity index (χ1n) is 7.11. The van der Waals surface area contributed by atoms with Crippen LogP contribution in [0.2, 0.25) is 0 Å². The van der Waals surface area contributed by atoms with E-state index in [1.807, 2.05) is 40.8 Å². The number of hydrogen-bond acceptors (Lipinski definition) is 5. The van der Waals surface area contributed by atoms with Gasteiger partial charge in [-0.05, 0) is 39.2 Å². The lowest BCUT2D eigenvalue weighted by atomic mass is 10.2. The number of ether oxygens (including phenoxy) is 1. The lowest BCUT2D eigenvalue weighted by Crippen LogP contribution is -2.17. The second kappa shape index (κ2) is 7.87. The van der Waals surface area contributed by atoms with Gasteiger partial charge in [0.05, 0.1) is 16.7 Å². The van der Waals surface area contributed by atoms with Crippen molar-refractivity contribution in [1.82, 2.24) is 8.86 Å². The van der Waals surface area contributed by atoms with E-state index in [1.165, 1.54) is 11.5 Å². The lowest BCUT2D eigenvalue weighted by molar-refractivity contribution is 0.341. The highest BCUT2D eigenvalue weighted by molar-refractivity contribution is 7.99. The predicted molar refractivity (Wildman–Crippen MR) is 93.1 cm³/mol. The van der Waals surface area contributed by atoms with Crippen LogP contribution in [0.1, 0.15) is 6.92 Å². The van der Waals surface area contributed by atoms with Crippen molar-refractivity contribution in [2.45, 2.75) is 13.5 Å². The third-order valence-electron chi connectivity index (χ3n) is 3.05. The number of aromatic nitrogens is 1. The highest BCUT2D eigenvalue weighted by Crippen LogP contribution is 2.23. The summed E-state index contributed by atoms with van der Waals surface area (Å²) in [4.78, 5) is 14.5. The molecule has 2 aromatic rings. The molecule has 0 radical (unpaired) electrons. The van der Waals surface area contributed by atoms with Crippen molar-refractivity contribution < 1.29 is 4.74 Å². The molecule has 2 rings (SSSR count). The third-order valence-corrected chi connectivity index (χ3v) is 5.10. The van der Waals surface area contributed by atoms with Gasteiger partial charge in [-0.3, -0.25) is 8.75 Å². The van der Waals surface area contributed by atoms with Crippen molar-refractivity contribution in [3.8, 4) is 5.75 Å². The van der Waals surface area contributed by atoms with Crippen LogP contribution in [0, 0.1) is 0 Å². The molecule has 1 heterocycles. The zero-order valence-electron chi connectivity index (χ0n) is 12.8. The van der Waals surface area contributed by atoms with Gasteiger partial charge in [0.1, 0.15) is 5.75 Å². The van der Waals surface area contributed by atoms with Gasteiger partial charge in [0.2, 0.25) is 0 Å². The van der Waals surface area contributed by atoms with Crippen LogP contribution in [0.5, 0.6) is 5.75 Å². The molecule has 0 spiro atoms. The van der Waals surface area contributed by atoms with Crippen molar-refractivity contribution in [3.05, 3.63) is 28.6 Å². The molecule has 0 amide bonds. The summed E-state index contributed by atoms with van der Waals surface area (Å²) in [6.45, 7) is 4.45. The summed E-state index contributed by atoms with van der Waals surface area (Å²) >= 11 is 3.42.